The second-order valence-electron chi connectivity index (χ2n) is 7.22. The van der Waals surface area contributed by atoms with E-state index in [1.165, 1.54) is 11.0 Å². The molecule has 0 N–H and O–H groups in total. The van der Waals surface area contributed by atoms with Crippen LogP contribution >= 0.6 is 11.8 Å². The molecule has 2 aromatic rings. The number of hydrogen-bond donors (Lipinski definition) is 0. The number of amidine groups is 1. The molecule has 2 fully saturated rings. The Morgan fingerprint density at radius 1 is 1.17 bits per heavy atom. The number of carbonyl (C=O) groups is 1. The fraction of sp³-hybridized carbons (Fsp3) is 0.300. The maximum atomic E-state index is 14.5. The van der Waals surface area contributed by atoms with Gasteiger partial charge in [-0.2, -0.15) is 4.99 Å². The van der Waals surface area contributed by atoms with E-state index in [0.717, 1.165) is 35.0 Å². The highest BCUT2D eigenvalue weighted by molar-refractivity contribution is 8.16. The van der Waals surface area contributed by atoms with E-state index in [2.05, 4.69) is 4.99 Å². The van der Waals surface area contributed by atoms with Crippen LogP contribution < -0.4 is 4.90 Å². The lowest BCUT2D eigenvalue weighted by Crippen LogP contribution is -2.38. The summed E-state index contributed by atoms with van der Waals surface area (Å²) in [7, 11) is -3.27. The van der Waals surface area contributed by atoms with Crippen molar-refractivity contribution in [2.45, 2.75) is 24.6 Å². The molecule has 2 saturated heterocycles. The van der Waals surface area contributed by atoms with Gasteiger partial charge in [-0.05, 0) is 24.6 Å². The molecule has 4 rings (SSSR count). The molecule has 9 heteroatoms. The summed E-state index contributed by atoms with van der Waals surface area (Å²) in [6, 6.07) is 10.0. The largest absolute Gasteiger partial charge is 0.313 e. The molecule has 0 saturated carbocycles. The zero-order valence-electron chi connectivity index (χ0n) is 15.5. The number of aliphatic imine (C=N–C) groups is 1. The van der Waals surface area contributed by atoms with Gasteiger partial charge in [-0.15, -0.1) is 0 Å². The molecule has 2 aromatic carbocycles. The average Bonchev–Trinajstić information content (AvgIpc) is 3.08. The number of anilines is 1. The van der Waals surface area contributed by atoms with Crippen molar-refractivity contribution in [1.82, 2.24) is 0 Å². The van der Waals surface area contributed by atoms with Crippen LogP contribution in [0, 0.1) is 18.6 Å². The quantitative estimate of drug-likeness (QED) is 0.740. The van der Waals surface area contributed by atoms with Gasteiger partial charge in [-0.25, -0.2) is 17.2 Å². The Bertz CT molecular complexity index is 1100. The molecule has 152 valence electrons. The number of amides is 1. The van der Waals surface area contributed by atoms with Crippen molar-refractivity contribution in [2.75, 3.05) is 16.4 Å². The summed E-state index contributed by atoms with van der Waals surface area (Å²) in [6.45, 7) is 1.95. The molecular formula is C20H18F2N2O3S2. The smallest absolute Gasteiger partial charge is 0.252 e. The number of aryl methyl sites for hydroxylation is 1. The van der Waals surface area contributed by atoms with Crippen molar-refractivity contribution in [3.63, 3.8) is 0 Å². The Balaban J connectivity index is 1.66. The maximum Gasteiger partial charge on any atom is 0.252 e. The summed E-state index contributed by atoms with van der Waals surface area (Å²) < 4.78 is 51.9. The topological polar surface area (TPSA) is 66.8 Å². The molecule has 0 aromatic heterocycles. The van der Waals surface area contributed by atoms with E-state index in [1.807, 2.05) is 31.2 Å². The molecule has 2 heterocycles. The predicted molar refractivity (Wildman–Crippen MR) is 110 cm³/mol. The second kappa shape index (κ2) is 7.53. The van der Waals surface area contributed by atoms with E-state index in [1.54, 1.807) is 0 Å². The SMILES string of the molecule is Cc1ccc(CC(=O)N=C2S[C@H]3CS(=O)(=O)C[C@@H]3N2c2ccc(F)cc2F)cc1. The van der Waals surface area contributed by atoms with Crippen LogP contribution in [0.4, 0.5) is 14.5 Å². The van der Waals surface area contributed by atoms with E-state index in [0.29, 0.717) is 0 Å². The third kappa shape index (κ3) is 4.20. The van der Waals surface area contributed by atoms with Gasteiger partial charge in [0.15, 0.2) is 15.0 Å². The zero-order valence-corrected chi connectivity index (χ0v) is 17.1. The molecule has 0 unspecified atom stereocenters. The van der Waals surface area contributed by atoms with Gasteiger partial charge in [0.25, 0.3) is 5.91 Å². The number of halogens is 2. The minimum absolute atomic E-state index is 0.0189. The summed E-state index contributed by atoms with van der Waals surface area (Å²) in [4.78, 5) is 18.1. The highest BCUT2D eigenvalue weighted by Crippen LogP contribution is 2.41. The van der Waals surface area contributed by atoms with Crippen molar-refractivity contribution < 1.29 is 22.0 Å². The minimum atomic E-state index is -3.27. The Morgan fingerprint density at radius 3 is 2.59 bits per heavy atom. The Hall–Kier alpha value is -2.26. The summed E-state index contributed by atoms with van der Waals surface area (Å²) in [5.41, 5.74) is 1.89. The monoisotopic (exact) mass is 436 g/mol. The van der Waals surface area contributed by atoms with Gasteiger partial charge in [0.1, 0.15) is 11.6 Å². The number of carbonyl (C=O) groups excluding carboxylic acids is 1. The first-order valence-corrected chi connectivity index (χ1v) is 11.7. The zero-order chi connectivity index (χ0) is 20.8. The number of sulfone groups is 1. The van der Waals surface area contributed by atoms with E-state index in [4.69, 9.17) is 0 Å². The van der Waals surface area contributed by atoms with Gasteiger partial charge >= 0.3 is 0 Å². The van der Waals surface area contributed by atoms with Crippen molar-refractivity contribution in [3.05, 3.63) is 65.2 Å². The summed E-state index contributed by atoms with van der Waals surface area (Å²) in [5, 5.41) is -0.104. The van der Waals surface area contributed by atoms with Gasteiger partial charge in [-0.1, -0.05) is 41.6 Å². The first-order valence-electron chi connectivity index (χ1n) is 9.00. The van der Waals surface area contributed by atoms with E-state index in [9.17, 15) is 22.0 Å². The number of benzene rings is 2. The minimum Gasteiger partial charge on any atom is -0.313 e. The second-order valence-corrected chi connectivity index (χ2v) is 10.6. The van der Waals surface area contributed by atoms with Gasteiger partial charge in [-0.3, -0.25) is 4.79 Å². The number of nitrogens with zero attached hydrogens (tertiary/aromatic N) is 2. The van der Waals surface area contributed by atoms with Gasteiger partial charge in [0.05, 0.1) is 29.7 Å². The lowest BCUT2D eigenvalue weighted by atomic mass is 10.1. The molecule has 2 aliphatic heterocycles. The van der Waals surface area contributed by atoms with Crippen LogP contribution in [-0.4, -0.2) is 42.3 Å². The molecule has 0 radical (unpaired) electrons. The first kappa shape index (κ1) is 20.0. The molecule has 0 bridgehead atoms. The Kier molecular flexibility index (Phi) is 5.20. The number of rotatable bonds is 3. The molecular weight excluding hydrogens is 418 g/mol. The van der Waals surface area contributed by atoms with Gasteiger partial charge in [0.2, 0.25) is 0 Å². The van der Waals surface area contributed by atoms with Crippen molar-refractivity contribution >= 4 is 38.4 Å². The van der Waals surface area contributed by atoms with Crippen LogP contribution in [0.15, 0.2) is 47.5 Å². The molecule has 5 nitrogen and oxygen atoms in total. The van der Waals surface area contributed by atoms with Crippen molar-refractivity contribution in [2.24, 2.45) is 4.99 Å². The highest BCUT2D eigenvalue weighted by Gasteiger charge is 2.50. The van der Waals surface area contributed by atoms with E-state index in [-0.39, 0.29) is 34.0 Å². The first-order chi connectivity index (χ1) is 13.7. The van der Waals surface area contributed by atoms with E-state index >= 15 is 0 Å². The van der Waals surface area contributed by atoms with Crippen LogP contribution in [0.5, 0.6) is 0 Å². The van der Waals surface area contributed by atoms with E-state index < -0.39 is 33.4 Å². The molecule has 2 atom stereocenters. The predicted octanol–water partition coefficient (Wildman–Crippen LogP) is 3.12. The standard InChI is InChI=1S/C20H18F2N2O3S2/c1-12-2-4-13(5-3-12)8-19(25)23-20-24(16-7-6-14(21)9-15(16)22)17-10-29(26,27)11-18(17)28-20/h2-7,9,17-18H,8,10-11H2,1H3/t17-,18-/m0/s1. The molecule has 2 aliphatic rings. The summed E-state index contributed by atoms with van der Waals surface area (Å²) in [5.74, 6) is -2.19. The Labute approximate surface area is 171 Å². The number of thioether (sulfide) groups is 1. The third-order valence-corrected chi connectivity index (χ3v) is 8.14. The summed E-state index contributed by atoms with van der Waals surface area (Å²) in [6.07, 6.45) is 0.0811. The molecule has 1 amide bonds. The van der Waals surface area contributed by atoms with Crippen molar-refractivity contribution in [1.29, 1.82) is 0 Å². The lowest BCUT2D eigenvalue weighted by Gasteiger charge is -2.24. The van der Waals surface area contributed by atoms with Crippen LogP contribution in [-0.2, 0) is 21.1 Å². The van der Waals surface area contributed by atoms with Gasteiger partial charge < -0.3 is 4.90 Å². The van der Waals surface area contributed by atoms with Crippen LogP contribution in [0.1, 0.15) is 11.1 Å². The third-order valence-electron chi connectivity index (χ3n) is 4.93. The van der Waals surface area contributed by atoms with Crippen LogP contribution in [0.3, 0.4) is 0 Å². The number of hydrogen-bond acceptors (Lipinski definition) is 4. The van der Waals surface area contributed by atoms with Crippen LogP contribution in [0.2, 0.25) is 0 Å². The number of fused-ring (bicyclic) bond motifs is 1. The molecule has 29 heavy (non-hydrogen) atoms. The normalized spacial score (nSPS) is 24.1. The average molecular weight is 437 g/mol. The molecule has 0 aliphatic carbocycles. The maximum absolute atomic E-state index is 14.5. The molecule has 0 spiro atoms. The van der Waals surface area contributed by atoms with Crippen molar-refractivity contribution in [3.8, 4) is 0 Å². The fourth-order valence-electron chi connectivity index (χ4n) is 3.55. The van der Waals surface area contributed by atoms with Gasteiger partial charge in [0, 0.05) is 11.3 Å². The highest BCUT2D eigenvalue weighted by atomic mass is 32.2. The fourth-order valence-corrected chi connectivity index (χ4v) is 7.47. The van der Waals surface area contributed by atoms with Crippen LogP contribution in [0.25, 0.3) is 0 Å². The Morgan fingerprint density at radius 2 is 1.90 bits per heavy atom. The lowest BCUT2D eigenvalue weighted by molar-refractivity contribution is -0.117. The summed E-state index contributed by atoms with van der Waals surface area (Å²) >= 11 is 1.16.